The predicted octanol–water partition coefficient (Wildman–Crippen LogP) is 3.20. The zero-order valence-electron chi connectivity index (χ0n) is 8.97. The van der Waals surface area contributed by atoms with Crippen LogP contribution in [0.15, 0.2) is 28.1 Å². The number of aromatic carboxylic acids is 1. The van der Waals surface area contributed by atoms with Gasteiger partial charge in [0.15, 0.2) is 0 Å². The van der Waals surface area contributed by atoms with Crippen molar-refractivity contribution in [2.24, 2.45) is 0 Å². The van der Waals surface area contributed by atoms with E-state index in [1.54, 1.807) is 11.3 Å². The van der Waals surface area contributed by atoms with E-state index in [1.165, 1.54) is 12.1 Å². The Morgan fingerprint density at radius 1 is 1.33 bits per heavy atom. The first-order valence-corrected chi connectivity index (χ1v) is 7.39. The molecule has 0 aliphatic rings. The summed E-state index contributed by atoms with van der Waals surface area (Å²) in [5.41, 5.74) is 0. The lowest BCUT2D eigenvalue weighted by atomic mass is 10.4. The molecule has 18 heavy (non-hydrogen) atoms. The van der Waals surface area contributed by atoms with Gasteiger partial charge in [0, 0.05) is 14.7 Å². The molecule has 94 valence electrons. The van der Waals surface area contributed by atoms with E-state index >= 15 is 0 Å². The van der Waals surface area contributed by atoms with E-state index in [0.29, 0.717) is 11.4 Å². The average molecular weight is 346 g/mol. The molecule has 2 aromatic heterocycles. The van der Waals surface area contributed by atoms with E-state index in [4.69, 9.17) is 5.11 Å². The second-order valence-electron chi connectivity index (χ2n) is 3.38. The Hall–Kier alpha value is -1.18. The molecular weight excluding hydrogens is 338 g/mol. The predicted molar refractivity (Wildman–Crippen MR) is 74.5 cm³/mol. The van der Waals surface area contributed by atoms with Crippen molar-refractivity contribution in [1.29, 1.82) is 0 Å². The molecule has 2 N–H and O–H groups in total. The van der Waals surface area contributed by atoms with Crippen molar-refractivity contribution in [3.8, 4) is 0 Å². The Morgan fingerprint density at radius 3 is 2.61 bits per heavy atom. The highest BCUT2D eigenvalue weighted by atomic mass is 79.9. The van der Waals surface area contributed by atoms with E-state index in [2.05, 4.69) is 21.2 Å². The summed E-state index contributed by atoms with van der Waals surface area (Å²) in [5.74, 6) is -1.27. The highest BCUT2D eigenvalue weighted by Crippen LogP contribution is 2.20. The number of amides is 1. The van der Waals surface area contributed by atoms with Crippen LogP contribution in [-0.4, -0.2) is 17.0 Å². The lowest BCUT2D eigenvalue weighted by Crippen LogP contribution is -2.21. The molecule has 0 spiro atoms. The molecule has 0 unspecified atom stereocenters. The SMILES string of the molecule is O=C(O)c1ccc(C(=O)NCc2cc(Br)cs2)s1. The topological polar surface area (TPSA) is 66.4 Å². The van der Waals surface area contributed by atoms with Crippen molar-refractivity contribution in [3.05, 3.63) is 42.7 Å². The Bertz CT molecular complexity index is 591. The standard InChI is InChI=1S/C11H8BrNO3S2/c12-6-3-7(17-5-6)4-13-10(14)8-1-2-9(18-8)11(15)16/h1-3,5H,4H2,(H,13,14)(H,15,16). The first kappa shape index (κ1) is 13.3. The summed E-state index contributed by atoms with van der Waals surface area (Å²) in [7, 11) is 0. The molecule has 0 aliphatic carbocycles. The zero-order chi connectivity index (χ0) is 13.1. The number of hydrogen-bond donors (Lipinski definition) is 2. The van der Waals surface area contributed by atoms with Gasteiger partial charge in [0.1, 0.15) is 4.88 Å². The van der Waals surface area contributed by atoms with Crippen LogP contribution in [0.4, 0.5) is 0 Å². The van der Waals surface area contributed by atoms with Gasteiger partial charge in [-0.2, -0.15) is 0 Å². The van der Waals surface area contributed by atoms with Gasteiger partial charge in [-0.05, 0) is 34.1 Å². The van der Waals surface area contributed by atoms with Gasteiger partial charge in [0.05, 0.1) is 11.4 Å². The van der Waals surface area contributed by atoms with Gasteiger partial charge >= 0.3 is 5.97 Å². The minimum atomic E-state index is -1.01. The van der Waals surface area contributed by atoms with Crippen LogP contribution < -0.4 is 5.32 Å². The van der Waals surface area contributed by atoms with Crippen LogP contribution in [-0.2, 0) is 6.54 Å². The molecule has 2 aromatic rings. The lowest BCUT2D eigenvalue weighted by molar-refractivity contribution is 0.0702. The van der Waals surface area contributed by atoms with Crippen LogP contribution >= 0.6 is 38.6 Å². The van der Waals surface area contributed by atoms with Gasteiger partial charge in [-0.3, -0.25) is 4.79 Å². The van der Waals surface area contributed by atoms with Crippen molar-refractivity contribution >= 4 is 50.5 Å². The lowest BCUT2D eigenvalue weighted by Gasteiger charge is -2.00. The molecule has 2 rings (SSSR count). The molecule has 0 fully saturated rings. The highest BCUT2D eigenvalue weighted by molar-refractivity contribution is 9.10. The smallest absolute Gasteiger partial charge is 0.345 e. The maximum absolute atomic E-state index is 11.8. The second-order valence-corrected chi connectivity index (χ2v) is 6.38. The minimum absolute atomic E-state index is 0.166. The Morgan fingerprint density at radius 2 is 2.06 bits per heavy atom. The molecule has 7 heteroatoms. The fraction of sp³-hybridized carbons (Fsp3) is 0.0909. The third-order valence-corrected chi connectivity index (χ3v) is 4.86. The number of nitrogens with one attached hydrogen (secondary N) is 1. The van der Waals surface area contributed by atoms with E-state index in [0.717, 1.165) is 20.7 Å². The van der Waals surface area contributed by atoms with Crippen LogP contribution in [0.5, 0.6) is 0 Å². The Kier molecular flexibility index (Phi) is 4.15. The number of halogens is 1. The van der Waals surface area contributed by atoms with Gasteiger partial charge < -0.3 is 10.4 Å². The number of carbonyl (C=O) groups is 2. The fourth-order valence-corrected chi connectivity index (χ4v) is 3.43. The number of hydrogen-bond acceptors (Lipinski definition) is 4. The maximum Gasteiger partial charge on any atom is 0.345 e. The molecule has 0 saturated carbocycles. The molecule has 4 nitrogen and oxygen atoms in total. The monoisotopic (exact) mass is 345 g/mol. The Balaban J connectivity index is 1.97. The first-order chi connectivity index (χ1) is 8.56. The summed E-state index contributed by atoms with van der Waals surface area (Å²) in [6.45, 7) is 0.440. The number of rotatable bonds is 4. The normalized spacial score (nSPS) is 10.3. The molecule has 0 radical (unpaired) electrons. The van der Waals surface area contributed by atoms with Gasteiger partial charge in [-0.15, -0.1) is 22.7 Å². The van der Waals surface area contributed by atoms with Crippen LogP contribution in [0.2, 0.25) is 0 Å². The van der Waals surface area contributed by atoms with E-state index in [1.807, 2.05) is 11.4 Å². The van der Waals surface area contributed by atoms with Crippen LogP contribution in [0.1, 0.15) is 24.2 Å². The maximum atomic E-state index is 11.8. The molecule has 0 aromatic carbocycles. The van der Waals surface area contributed by atoms with Crippen LogP contribution in [0, 0.1) is 0 Å². The average Bonchev–Trinajstić information content (AvgIpc) is 2.94. The quantitative estimate of drug-likeness (QED) is 0.894. The van der Waals surface area contributed by atoms with Gasteiger partial charge in [-0.25, -0.2) is 4.79 Å². The van der Waals surface area contributed by atoms with Crippen molar-refractivity contribution < 1.29 is 14.7 Å². The molecule has 1 amide bonds. The van der Waals surface area contributed by atoms with Crippen LogP contribution in [0.25, 0.3) is 0 Å². The molecular formula is C11H8BrNO3S2. The van der Waals surface area contributed by atoms with Crippen LogP contribution in [0.3, 0.4) is 0 Å². The summed E-state index contributed by atoms with van der Waals surface area (Å²) < 4.78 is 0.987. The van der Waals surface area contributed by atoms with E-state index < -0.39 is 5.97 Å². The summed E-state index contributed by atoms with van der Waals surface area (Å²) in [5, 5.41) is 13.5. The van der Waals surface area contributed by atoms with Gasteiger partial charge in [0.25, 0.3) is 5.91 Å². The second kappa shape index (κ2) is 5.64. The minimum Gasteiger partial charge on any atom is -0.477 e. The van der Waals surface area contributed by atoms with E-state index in [9.17, 15) is 9.59 Å². The van der Waals surface area contributed by atoms with Crippen molar-refractivity contribution in [1.82, 2.24) is 5.32 Å². The van der Waals surface area contributed by atoms with Gasteiger partial charge in [0.2, 0.25) is 0 Å². The van der Waals surface area contributed by atoms with E-state index in [-0.39, 0.29) is 10.8 Å². The van der Waals surface area contributed by atoms with Crippen molar-refractivity contribution in [3.63, 3.8) is 0 Å². The summed E-state index contributed by atoms with van der Waals surface area (Å²) in [4.78, 5) is 24.1. The van der Waals surface area contributed by atoms with Crippen molar-refractivity contribution in [2.75, 3.05) is 0 Å². The summed E-state index contributed by atoms with van der Waals surface area (Å²) in [6, 6.07) is 4.89. The van der Waals surface area contributed by atoms with Crippen molar-refractivity contribution in [2.45, 2.75) is 6.54 Å². The Labute approximate surface area is 119 Å². The molecule has 2 heterocycles. The largest absolute Gasteiger partial charge is 0.477 e. The highest BCUT2D eigenvalue weighted by Gasteiger charge is 2.12. The summed E-state index contributed by atoms with van der Waals surface area (Å²) >= 11 is 5.85. The first-order valence-electron chi connectivity index (χ1n) is 4.90. The number of carbonyl (C=O) groups excluding carboxylic acids is 1. The molecule has 0 bridgehead atoms. The summed E-state index contributed by atoms with van der Waals surface area (Å²) in [6.07, 6.45) is 0. The third kappa shape index (κ3) is 3.18. The molecule has 0 atom stereocenters. The zero-order valence-corrected chi connectivity index (χ0v) is 12.2. The number of carboxylic acids is 1. The van der Waals surface area contributed by atoms with Gasteiger partial charge in [-0.1, -0.05) is 0 Å². The molecule has 0 aliphatic heterocycles. The fourth-order valence-electron chi connectivity index (χ4n) is 1.28. The molecule has 0 saturated heterocycles. The number of carboxylic acid groups (broad SMARTS) is 1. The third-order valence-electron chi connectivity index (χ3n) is 2.09. The number of thiophene rings is 2.